The second-order valence-electron chi connectivity index (χ2n) is 10.7. The minimum Gasteiger partial charge on any atom is -0.494 e. The van der Waals surface area contributed by atoms with Gasteiger partial charge in [0.1, 0.15) is 23.2 Å². The fourth-order valence-electron chi connectivity index (χ4n) is 6.20. The maximum Gasteiger partial charge on any atom is 0.227 e. The van der Waals surface area contributed by atoms with E-state index in [4.69, 9.17) is 14.2 Å². The topological polar surface area (TPSA) is 111 Å². The van der Waals surface area contributed by atoms with Gasteiger partial charge in [-0.3, -0.25) is 4.79 Å². The molecule has 2 aromatic heterocycles. The molecule has 10 nitrogen and oxygen atoms in total. The van der Waals surface area contributed by atoms with Crippen molar-refractivity contribution >= 4 is 32.7 Å². The van der Waals surface area contributed by atoms with Gasteiger partial charge in [-0.15, -0.1) is 0 Å². The first-order valence-electron chi connectivity index (χ1n) is 13.7. The molecule has 2 unspecified atom stereocenters. The molecule has 2 fully saturated rings. The monoisotopic (exact) mass is 581 g/mol. The van der Waals surface area contributed by atoms with E-state index in [2.05, 4.69) is 9.72 Å². The molecule has 6 rings (SSSR count). The molecule has 0 N–H and O–H groups in total. The van der Waals surface area contributed by atoms with Gasteiger partial charge in [0, 0.05) is 37.2 Å². The van der Waals surface area contributed by atoms with Crippen LogP contribution in [-0.4, -0.2) is 59.3 Å². The lowest BCUT2D eigenvalue weighted by Gasteiger charge is -2.27. The van der Waals surface area contributed by atoms with E-state index < -0.39 is 21.9 Å². The molecule has 2 saturated heterocycles. The summed E-state index contributed by atoms with van der Waals surface area (Å²) in [5.41, 5.74) is 4.52. The fourth-order valence-corrected chi connectivity index (χ4v) is 7.08. The predicted octanol–water partition coefficient (Wildman–Crippen LogP) is 4.92. The van der Waals surface area contributed by atoms with Crippen molar-refractivity contribution in [1.82, 2.24) is 19.0 Å². The summed E-state index contributed by atoms with van der Waals surface area (Å²) in [7, 11) is -3.37. The molecule has 0 spiro atoms. The molecule has 4 aromatic rings. The SMILES string of the molecule is CCOc1cc(F)cc(N2C(=O)CCC2c2nc3cc(-c4c(C)noc4C)ccc3n2C2CCN(S(C)(=O)=O)C2)c1. The Morgan fingerprint density at radius 2 is 1.95 bits per heavy atom. The number of aromatic nitrogens is 3. The lowest BCUT2D eigenvalue weighted by atomic mass is 10.0. The molecule has 0 radical (unpaired) electrons. The van der Waals surface area contributed by atoms with Crippen molar-refractivity contribution in [2.45, 2.75) is 52.1 Å². The number of aryl methyl sites for hydroxylation is 2. The number of benzene rings is 2. The van der Waals surface area contributed by atoms with Gasteiger partial charge in [-0.2, -0.15) is 0 Å². The number of sulfonamides is 1. The van der Waals surface area contributed by atoms with E-state index in [1.165, 1.54) is 22.7 Å². The third kappa shape index (κ3) is 4.88. The van der Waals surface area contributed by atoms with Crippen LogP contribution >= 0.6 is 0 Å². The normalized spacial score (nSPS) is 20.0. The van der Waals surface area contributed by atoms with Crippen LogP contribution < -0.4 is 9.64 Å². The molecule has 1 amide bonds. The van der Waals surface area contributed by atoms with Gasteiger partial charge in [0.2, 0.25) is 15.9 Å². The van der Waals surface area contributed by atoms with Gasteiger partial charge in [-0.25, -0.2) is 22.1 Å². The largest absolute Gasteiger partial charge is 0.494 e. The van der Waals surface area contributed by atoms with Gasteiger partial charge in [0.25, 0.3) is 0 Å². The number of rotatable bonds is 7. The summed E-state index contributed by atoms with van der Waals surface area (Å²) in [5.74, 6) is 1.05. The van der Waals surface area contributed by atoms with Crippen LogP contribution in [0.25, 0.3) is 22.2 Å². The van der Waals surface area contributed by atoms with Gasteiger partial charge in [0.15, 0.2) is 0 Å². The quantitative estimate of drug-likeness (QED) is 0.305. The summed E-state index contributed by atoms with van der Waals surface area (Å²) in [6, 6.07) is 9.59. The maximum absolute atomic E-state index is 14.6. The molecule has 4 heterocycles. The Kier molecular flexibility index (Phi) is 6.85. The van der Waals surface area contributed by atoms with Crippen molar-refractivity contribution in [1.29, 1.82) is 0 Å². The van der Waals surface area contributed by atoms with Gasteiger partial charge in [-0.05, 0) is 57.4 Å². The molecular formula is C29H32FN5O5S. The van der Waals surface area contributed by atoms with E-state index in [1.807, 2.05) is 39.0 Å². The number of anilines is 1. The first-order valence-corrected chi connectivity index (χ1v) is 15.6. The van der Waals surface area contributed by atoms with Crippen LogP contribution in [0, 0.1) is 19.7 Å². The molecule has 0 aliphatic carbocycles. The Morgan fingerprint density at radius 3 is 2.63 bits per heavy atom. The van der Waals surface area contributed by atoms with E-state index in [9.17, 15) is 17.6 Å². The number of nitrogens with zero attached hydrogens (tertiary/aromatic N) is 5. The summed E-state index contributed by atoms with van der Waals surface area (Å²) >= 11 is 0. The molecule has 12 heteroatoms. The Balaban J connectivity index is 1.50. The number of hydrogen-bond acceptors (Lipinski definition) is 7. The minimum absolute atomic E-state index is 0.137. The van der Waals surface area contributed by atoms with Crippen molar-refractivity contribution in [3.05, 3.63) is 59.5 Å². The van der Waals surface area contributed by atoms with Gasteiger partial charge in [0.05, 0.1) is 47.4 Å². The number of hydrogen-bond donors (Lipinski definition) is 0. The Labute approximate surface area is 237 Å². The van der Waals surface area contributed by atoms with E-state index in [0.717, 1.165) is 22.3 Å². The number of ether oxygens (including phenoxy) is 1. The summed E-state index contributed by atoms with van der Waals surface area (Å²) in [6.45, 7) is 6.62. The number of amides is 1. The highest BCUT2D eigenvalue weighted by molar-refractivity contribution is 7.88. The van der Waals surface area contributed by atoms with Crippen LogP contribution in [-0.2, 0) is 14.8 Å². The highest BCUT2D eigenvalue weighted by Gasteiger charge is 2.40. The smallest absolute Gasteiger partial charge is 0.227 e. The number of fused-ring (bicyclic) bond motifs is 1. The second kappa shape index (κ2) is 10.3. The van der Waals surface area contributed by atoms with Crippen molar-refractivity contribution in [2.75, 3.05) is 30.9 Å². The van der Waals surface area contributed by atoms with Crippen molar-refractivity contribution in [3.63, 3.8) is 0 Å². The zero-order chi connectivity index (χ0) is 29.1. The third-order valence-electron chi connectivity index (χ3n) is 7.95. The summed E-state index contributed by atoms with van der Waals surface area (Å²) < 4.78 is 53.9. The number of halogens is 1. The molecule has 41 heavy (non-hydrogen) atoms. The first-order chi connectivity index (χ1) is 19.5. The van der Waals surface area contributed by atoms with Crippen LogP contribution in [0.1, 0.15) is 55.5 Å². The fraction of sp³-hybridized carbons (Fsp3) is 0.414. The van der Waals surface area contributed by atoms with Crippen LogP contribution in [0.2, 0.25) is 0 Å². The molecule has 216 valence electrons. The third-order valence-corrected chi connectivity index (χ3v) is 9.22. The van der Waals surface area contributed by atoms with Gasteiger partial charge < -0.3 is 18.7 Å². The highest BCUT2D eigenvalue weighted by Crippen LogP contribution is 2.42. The highest BCUT2D eigenvalue weighted by atomic mass is 32.2. The van der Waals surface area contributed by atoms with Crippen molar-refractivity contribution < 1.29 is 26.9 Å². The molecular weight excluding hydrogens is 549 g/mol. The second-order valence-corrected chi connectivity index (χ2v) is 12.7. The zero-order valence-electron chi connectivity index (χ0n) is 23.4. The van der Waals surface area contributed by atoms with Gasteiger partial charge >= 0.3 is 0 Å². The van der Waals surface area contributed by atoms with Crippen molar-refractivity contribution in [3.8, 4) is 16.9 Å². The van der Waals surface area contributed by atoms with Crippen LogP contribution in [0.3, 0.4) is 0 Å². The summed E-state index contributed by atoms with van der Waals surface area (Å²) in [5, 5.41) is 4.08. The van der Waals surface area contributed by atoms with E-state index in [0.29, 0.717) is 61.1 Å². The number of carbonyl (C=O) groups is 1. The summed E-state index contributed by atoms with van der Waals surface area (Å²) in [4.78, 5) is 19.9. The van der Waals surface area contributed by atoms with E-state index in [1.54, 1.807) is 11.0 Å². The van der Waals surface area contributed by atoms with Crippen LogP contribution in [0.5, 0.6) is 5.75 Å². The standard InChI is InChI=1S/C29H32FN5O5S/c1-5-39-23-14-20(30)13-22(15-23)34-26(8-9-27(34)36)29-31-24-12-19(28-17(2)32-40-18(28)3)6-7-25(24)35(29)21-10-11-33(16-21)41(4,37)38/h6-7,12-15,21,26H,5,8-11,16H2,1-4H3. The molecule has 0 saturated carbocycles. The molecule has 2 aliphatic heterocycles. The Hall–Kier alpha value is -3.77. The summed E-state index contributed by atoms with van der Waals surface area (Å²) in [6.07, 6.45) is 2.59. The van der Waals surface area contributed by atoms with Crippen LogP contribution in [0.4, 0.5) is 10.1 Å². The number of carbonyl (C=O) groups excluding carboxylic acids is 1. The predicted molar refractivity (Wildman–Crippen MR) is 152 cm³/mol. The maximum atomic E-state index is 14.6. The molecule has 2 atom stereocenters. The zero-order valence-corrected chi connectivity index (χ0v) is 24.2. The van der Waals surface area contributed by atoms with Crippen molar-refractivity contribution in [2.24, 2.45) is 0 Å². The van der Waals surface area contributed by atoms with E-state index in [-0.39, 0.29) is 18.4 Å². The van der Waals surface area contributed by atoms with E-state index >= 15 is 0 Å². The average Bonchev–Trinajstić information content (AvgIpc) is 3.68. The average molecular weight is 582 g/mol. The van der Waals surface area contributed by atoms with Gasteiger partial charge in [-0.1, -0.05) is 11.2 Å². The molecule has 2 aliphatic rings. The Bertz CT molecular complexity index is 1750. The minimum atomic E-state index is -3.37. The molecule has 0 bridgehead atoms. The molecule has 2 aromatic carbocycles. The lowest BCUT2D eigenvalue weighted by Crippen LogP contribution is -2.31. The Morgan fingerprint density at radius 1 is 1.15 bits per heavy atom. The lowest BCUT2D eigenvalue weighted by molar-refractivity contribution is -0.117. The first kappa shape index (κ1) is 27.4. The number of imidazole rings is 1. The van der Waals surface area contributed by atoms with Crippen LogP contribution in [0.15, 0.2) is 40.9 Å².